The molecule has 0 fully saturated rings. The number of anilines is 1. The van der Waals surface area contributed by atoms with E-state index in [0.29, 0.717) is 0 Å². The fourth-order valence-corrected chi connectivity index (χ4v) is 0.784. The molecule has 0 saturated heterocycles. The summed E-state index contributed by atoms with van der Waals surface area (Å²) in [4.78, 5) is 19.7. The predicted molar refractivity (Wildman–Crippen MR) is 42.1 cm³/mol. The Bertz CT molecular complexity index is 333. The number of benzene rings is 1. The van der Waals surface area contributed by atoms with Crippen LogP contribution in [0.3, 0.4) is 0 Å². The number of non-ortho nitro benzene ring substituents is 1. The number of nitrogens with one attached hydrogen (secondary N) is 1. The van der Waals surface area contributed by atoms with E-state index in [1.807, 2.05) is 5.32 Å². The maximum absolute atomic E-state index is 10.2. The number of hydrogen-bond donors (Lipinski definition) is 1. The first-order valence-electron chi connectivity index (χ1n) is 3.32. The Hall–Kier alpha value is -2.11. The van der Waals surface area contributed by atoms with Crippen molar-refractivity contribution in [2.45, 2.75) is 0 Å². The lowest BCUT2D eigenvalue weighted by Crippen LogP contribution is -2.28. The van der Waals surface area contributed by atoms with Crippen molar-refractivity contribution in [3.63, 3.8) is 0 Å². The third-order valence-electron chi connectivity index (χ3n) is 1.32. The minimum atomic E-state index is -1.45. The van der Waals surface area contributed by atoms with Gasteiger partial charge in [0.05, 0.1) is 4.92 Å². The molecule has 1 aromatic carbocycles. The minimum Gasteiger partial charge on any atom is -0.530 e. The molecule has 13 heavy (non-hydrogen) atoms. The van der Waals surface area contributed by atoms with Gasteiger partial charge < -0.3 is 15.2 Å². The first-order chi connectivity index (χ1) is 6.09. The Morgan fingerprint density at radius 3 is 2.23 bits per heavy atom. The van der Waals surface area contributed by atoms with E-state index in [2.05, 4.69) is 0 Å². The summed E-state index contributed by atoms with van der Waals surface area (Å²) >= 11 is 0. The van der Waals surface area contributed by atoms with E-state index in [1.54, 1.807) is 0 Å². The zero-order valence-electron chi connectivity index (χ0n) is 6.39. The van der Waals surface area contributed by atoms with Gasteiger partial charge in [0.2, 0.25) is 0 Å². The van der Waals surface area contributed by atoms with Crippen molar-refractivity contribution in [2.24, 2.45) is 0 Å². The summed E-state index contributed by atoms with van der Waals surface area (Å²) in [7, 11) is 0. The van der Waals surface area contributed by atoms with Gasteiger partial charge >= 0.3 is 0 Å². The van der Waals surface area contributed by atoms with Crippen LogP contribution in [-0.2, 0) is 0 Å². The van der Waals surface area contributed by atoms with Crippen LogP contribution in [0.25, 0.3) is 0 Å². The summed E-state index contributed by atoms with van der Waals surface area (Å²) in [5.41, 5.74) is 0.148. The highest BCUT2D eigenvalue weighted by Crippen LogP contribution is 2.14. The third-order valence-corrected chi connectivity index (χ3v) is 1.32. The molecule has 0 bridgehead atoms. The Labute approximate surface area is 73.0 Å². The van der Waals surface area contributed by atoms with E-state index >= 15 is 0 Å². The van der Waals surface area contributed by atoms with Crippen LogP contribution in [-0.4, -0.2) is 11.0 Å². The molecular formula is C7H5N2O4-. The summed E-state index contributed by atoms with van der Waals surface area (Å²) in [6.45, 7) is 0. The SMILES string of the molecule is O=C([O-])Nc1ccc([N+](=O)[O-])cc1. The Balaban J connectivity index is 2.81. The maximum Gasteiger partial charge on any atom is 0.269 e. The number of nitrogens with zero attached hydrogens (tertiary/aromatic N) is 1. The number of hydrogen-bond acceptors (Lipinski definition) is 4. The standard InChI is InChI=1S/C7H6N2O4/c10-7(11)8-5-1-3-6(4-2-5)9(12)13/h1-4,8H,(H,10,11)/p-1. The zero-order valence-corrected chi connectivity index (χ0v) is 6.39. The highest BCUT2D eigenvalue weighted by molar-refractivity contribution is 5.81. The van der Waals surface area contributed by atoms with Crippen molar-refractivity contribution in [3.05, 3.63) is 34.4 Å². The highest BCUT2D eigenvalue weighted by Gasteiger charge is 2.02. The number of nitro groups is 1. The van der Waals surface area contributed by atoms with Gasteiger partial charge in [-0.15, -0.1) is 0 Å². The second-order valence-electron chi connectivity index (χ2n) is 2.22. The van der Waals surface area contributed by atoms with E-state index < -0.39 is 11.0 Å². The van der Waals surface area contributed by atoms with E-state index in [1.165, 1.54) is 24.3 Å². The van der Waals surface area contributed by atoms with Crippen molar-refractivity contribution in [1.82, 2.24) is 0 Å². The molecule has 68 valence electrons. The van der Waals surface area contributed by atoms with E-state index in [0.717, 1.165) is 0 Å². The number of nitro benzene ring substituents is 1. The summed E-state index contributed by atoms with van der Waals surface area (Å²) < 4.78 is 0. The van der Waals surface area contributed by atoms with Gasteiger partial charge in [-0.25, -0.2) is 0 Å². The number of carbonyl (C=O) groups is 1. The number of carbonyl (C=O) groups excluding carboxylic acids is 1. The molecule has 0 heterocycles. The Kier molecular flexibility index (Phi) is 2.44. The van der Waals surface area contributed by atoms with Crippen molar-refractivity contribution < 1.29 is 14.8 Å². The van der Waals surface area contributed by atoms with Gasteiger partial charge in [0, 0.05) is 17.8 Å². The quantitative estimate of drug-likeness (QED) is 0.525. The average molecular weight is 181 g/mol. The van der Waals surface area contributed by atoms with Gasteiger partial charge in [-0.05, 0) is 12.1 Å². The lowest BCUT2D eigenvalue weighted by atomic mass is 10.3. The molecule has 0 radical (unpaired) electrons. The second kappa shape index (κ2) is 3.53. The molecule has 0 atom stereocenters. The van der Waals surface area contributed by atoms with Gasteiger partial charge in [-0.3, -0.25) is 10.1 Å². The van der Waals surface area contributed by atoms with Crippen molar-refractivity contribution >= 4 is 17.5 Å². The lowest BCUT2D eigenvalue weighted by Gasteiger charge is -2.04. The molecule has 0 aromatic heterocycles. The smallest absolute Gasteiger partial charge is 0.269 e. The van der Waals surface area contributed by atoms with Crippen LogP contribution < -0.4 is 10.4 Å². The molecule has 0 unspecified atom stereocenters. The van der Waals surface area contributed by atoms with E-state index in [9.17, 15) is 20.0 Å². The molecule has 0 spiro atoms. The molecule has 6 heteroatoms. The van der Waals surface area contributed by atoms with Gasteiger partial charge in [-0.2, -0.15) is 0 Å². The van der Waals surface area contributed by atoms with Gasteiger partial charge in [0.1, 0.15) is 6.09 Å². The van der Waals surface area contributed by atoms with E-state index in [-0.39, 0.29) is 11.4 Å². The molecule has 1 aromatic rings. The fraction of sp³-hybridized carbons (Fsp3) is 0. The number of rotatable bonds is 2. The van der Waals surface area contributed by atoms with Crippen LogP contribution in [0.2, 0.25) is 0 Å². The molecule has 0 aliphatic carbocycles. The lowest BCUT2D eigenvalue weighted by molar-refractivity contribution is -0.384. The monoisotopic (exact) mass is 181 g/mol. The van der Waals surface area contributed by atoms with Crippen LogP contribution in [0.4, 0.5) is 16.2 Å². The summed E-state index contributed by atoms with van der Waals surface area (Å²) in [5, 5.41) is 22.2. The predicted octanol–water partition coefficient (Wildman–Crippen LogP) is 0.350. The molecule has 1 N–H and O–H groups in total. The normalized spacial score (nSPS) is 9.23. The Morgan fingerprint density at radius 1 is 1.31 bits per heavy atom. The topological polar surface area (TPSA) is 95.3 Å². The van der Waals surface area contributed by atoms with E-state index in [4.69, 9.17) is 0 Å². The van der Waals surface area contributed by atoms with Gasteiger partial charge in [-0.1, -0.05) is 0 Å². The summed E-state index contributed by atoms with van der Waals surface area (Å²) in [5.74, 6) is 0. The number of amides is 1. The largest absolute Gasteiger partial charge is 0.530 e. The fourth-order valence-electron chi connectivity index (χ4n) is 0.784. The van der Waals surface area contributed by atoms with Crippen molar-refractivity contribution in [3.8, 4) is 0 Å². The molecule has 1 rings (SSSR count). The van der Waals surface area contributed by atoms with Crippen LogP contribution in [0.5, 0.6) is 0 Å². The minimum absolute atomic E-state index is 0.0936. The highest BCUT2D eigenvalue weighted by atomic mass is 16.6. The summed E-state index contributed by atoms with van der Waals surface area (Å²) in [6.07, 6.45) is -1.45. The molecule has 0 saturated carbocycles. The molecule has 0 aliphatic rings. The Morgan fingerprint density at radius 2 is 1.85 bits per heavy atom. The van der Waals surface area contributed by atoms with Crippen LogP contribution in [0, 0.1) is 10.1 Å². The second-order valence-corrected chi connectivity index (χ2v) is 2.22. The molecule has 6 nitrogen and oxygen atoms in total. The maximum atomic E-state index is 10.2. The molecular weight excluding hydrogens is 176 g/mol. The molecule has 0 aliphatic heterocycles. The first kappa shape index (κ1) is 8.98. The summed E-state index contributed by atoms with van der Waals surface area (Å²) in [6, 6.07) is 4.97. The van der Waals surface area contributed by atoms with Crippen molar-refractivity contribution in [1.29, 1.82) is 0 Å². The van der Waals surface area contributed by atoms with Gasteiger partial charge in [0.25, 0.3) is 5.69 Å². The van der Waals surface area contributed by atoms with Crippen LogP contribution >= 0.6 is 0 Å². The van der Waals surface area contributed by atoms with Crippen LogP contribution in [0.1, 0.15) is 0 Å². The van der Waals surface area contributed by atoms with Gasteiger partial charge in [0.15, 0.2) is 0 Å². The number of carboxylic acid groups (broad SMARTS) is 1. The third kappa shape index (κ3) is 2.44. The first-order valence-corrected chi connectivity index (χ1v) is 3.32. The van der Waals surface area contributed by atoms with Crippen LogP contribution in [0.15, 0.2) is 24.3 Å². The average Bonchev–Trinajstić information content (AvgIpc) is 2.04. The zero-order chi connectivity index (χ0) is 9.84. The molecule has 1 amide bonds. The van der Waals surface area contributed by atoms with Crippen molar-refractivity contribution in [2.75, 3.05) is 5.32 Å².